The molecular formula is C12H21NO. The summed E-state index contributed by atoms with van der Waals surface area (Å²) in [7, 11) is 0. The molecule has 0 N–H and O–H groups in total. The lowest BCUT2D eigenvalue weighted by molar-refractivity contribution is -0.122. The number of hydrogen-bond acceptors (Lipinski definition) is 2. The summed E-state index contributed by atoms with van der Waals surface area (Å²) in [5, 5.41) is 0. The third-order valence-corrected chi connectivity index (χ3v) is 2.96. The first-order chi connectivity index (χ1) is 6.74. The van der Waals surface area contributed by atoms with E-state index in [0.717, 1.165) is 25.9 Å². The molecule has 14 heavy (non-hydrogen) atoms. The summed E-state index contributed by atoms with van der Waals surface area (Å²) in [6.07, 6.45) is 6.49. The minimum absolute atomic E-state index is 0.299. The number of piperidine rings is 1. The Hall–Kier alpha value is -0.630. The topological polar surface area (TPSA) is 20.3 Å². The zero-order valence-corrected chi connectivity index (χ0v) is 9.17. The molecule has 1 rings (SSSR count). The fraction of sp³-hybridized carbons (Fsp3) is 0.750. The van der Waals surface area contributed by atoms with Gasteiger partial charge in [-0.05, 0) is 45.7 Å². The Bertz CT molecular complexity index is 200. The second-order valence-electron chi connectivity index (χ2n) is 4.18. The Kier molecular flexibility index (Phi) is 4.88. The van der Waals surface area contributed by atoms with E-state index in [1.54, 1.807) is 6.92 Å². The summed E-state index contributed by atoms with van der Waals surface area (Å²) in [5.74, 6) is 0.658. The normalized spacial score (nSPS) is 23.4. The zero-order chi connectivity index (χ0) is 10.4. The lowest BCUT2D eigenvalue weighted by Crippen LogP contribution is -2.38. The van der Waals surface area contributed by atoms with Crippen molar-refractivity contribution in [2.24, 2.45) is 5.92 Å². The first-order valence-corrected chi connectivity index (χ1v) is 5.57. The van der Waals surface area contributed by atoms with Crippen molar-refractivity contribution in [2.75, 3.05) is 19.6 Å². The van der Waals surface area contributed by atoms with E-state index < -0.39 is 0 Å². The molecule has 2 nitrogen and oxygen atoms in total. The average molecular weight is 195 g/mol. The van der Waals surface area contributed by atoms with Gasteiger partial charge in [0, 0.05) is 12.5 Å². The monoisotopic (exact) mass is 195 g/mol. The van der Waals surface area contributed by atoms with Crippen molar-refractivity contribution < 1.29 is 4.79 Å². The van der Waals surface area contributed by atoms with Gasteiger partial charge in [-0.3, -0.25) is 4.79 Å². The summed E-state index contributed by atoms with van der Waals surface area (Å²) >= 11 is 0. The minimum atomic E-state index is 0.299. The molecule has 1 heterocycles. The van der Waals surface area contributed by atoms with Gasteiger partial charge in [-0.2, -0.15) is 0 Å². The Labute approximate surface area is 87.0 Å². The van der Waals surface area contributed by atoms with Crippen molar-refractivity contribution in [1.82, 2.24) is 4.90 Å². The number of carbonyl (C=O) groups excluding carboxylic acids is 1. The molecular weight excluding hydrogens is 174 g/mol. The molecule has 1 aliphatic heterocycles. The van der Waals surface area contributed by atoms with Crippen LogP contribution in [0.1, 0.15) is 32.6 Å². The maximum absolute atomic E-state index is 11.2. The Morgan fingerprint density at radius 2 is 2.43 bits per heavy atom. The smallest absolute Gasteiger partial charge is 0.134 e. The molecule has 2 heteroatoms. The molecule has 0 spiro atoms. The number of likely N-dealkylation sites (tertiary alicyclic amines) is 1. The second-order valence-corrected chi connectivity index (χ2v) is 4.18. The fourth-order valence-electron chi connectivity index (χ4n) is 2.05. The van der Waals surface area contributed by atoms with Crippen molar-refractivity contribution in [3.05, 3.63) is 12.7 Å². The zero-order valence-electron chi connectivity index (χ0n) is 9.17. The van der Waals surface area contributed by atoms with E-state index in [4.69, 9.17) is 0 Å². The van der Waals surface area contributed by atoms with E-state index in [2.05, 4.69) is 11.5 Å². The minimum Gasteiger partial charge on any atom is -0.303 e. The summed E-state index contributed by atoms with van der Waals surface area (Å²) in [6, 6.07) is 0. The van der Waals surface area contributed by atoms with E-state index in [1.165, 1.54) is 19.4 Å². The van der Waals surface area contributed by atoms with Gasteiger partial charge in [0.25, 0.3) is 0 Å². The lowest BCUT2D eigenvalue weighted by Gasteiger charge is -2.31. The average Bonchev–Trinajstić information content (AvgIpc) is 2.19. The first-order valence-electron chi connectivity index (χ1n) is 5.57. The van der Waals surface area contributed by atoms with Crippen LogP contribution in [0.4, 0.5) is 0 Å². The lowest BCUT2D eigenvalue weighted by atomic mass is 9.94. The van der Waals surface area contributed by atoms with Crippen molar-refractivity contribution in [3.8, 4) is 0 Å². The maximum atomic E-state index is 11.2. The summed E-state index contributed by atoms with van der Waals surface area (Å²) in [5.41, 5.74) is 0. The highest BCUT2D eigenvalue weighted by Gasteiger charge is 2.22. The van der Waals surface area contributed by atoms with Crippen LogP contribution >= 0.6 is 0 Å². The van der Waals surface area contributed by atoms with Crippen LogP contribution in [0.3, 0.4) is 0 Å². The van der Waals surface area contributed by atoms with Crippen LogP contribution in [-0.4, -0.2) is 30.3 Å². The third-order valence-electron chi connectivity index (χ3n) is 2.96. The predicted octanol–water partition coefficient (Wildman–Crippen LogP) is 2.25. The molecule has 0 aliphatic carbocycles. The Morgan fingerprint density at radius 3 is 3.07 bits per heavy atom. The van der Waals surface area contributed by atoms with E-state index in [0.29, 0.717) is 11.7 Å². The molecule has 1 unspecified atom stereocenters. The van der Waals surface area contributed by atoms with Crippen LogP contribution in [-0.2, 0) is 4.79 Å². The SMILES string of the molecule is C=CCCCN1CCCC(C(C)=O)C1. The van der Waals surface area contributed by atoms with Gasteiger partial charge in [-0.1, -0.05) is 6.08 Å². The van der Waals surface area contributed by atoms with Crippen LogP contribution < -0.4 is 0 Å². The standard InChI is InChI=1S/C12H21NO/c1-3-4-5-8-13-9-6-7-12(10-13)11(2)14/h3,12H,1,4-10H2,2H3. The first kappa shape index (κ1) is 11.4. The molecule has 0 bridgehead atoms. The number of hydrogen-bond donors (Lipinski definition) is 0. The molecule has 1 aliphatic rings. The van der Waals surface area contributed by atoms with Gasteiger partial charge in [-0.25, -0.2) is 0 Å². The Morgan fingerprint density at radius 1 is 1.64 bits per heavy atom. The largest absolute Gasteiger partial charge is 0.303 e. The van der Waals surface area contributed by atoms with Crippen LogP contribution in [0, 0.1) is 5.92 Å². The van der Waals surface area contributed by atoms with Crippen LogP contribution in [0.2, 0.25) is 0 Å². The number of unbranched alkanes of at least 4 members (excludes halogenated alkanes) is 1. The number of carbonyl (C=O) groups is 1. The fourth-order valence-corrected chi connectivity index (χ4v) is 2.05. The van der Waals surface area contributed by atoms with Crippen LogP contribution in [0.15, 0.2) is 12.7 Å². The van der Waals surface area contributed by atoms with Crippen molar-refractivity contribution in [1.29, 1.82) is 0 Å². The third kappa shape index (κ3) is 3.62. The molecule has 0 aromatic heterocycles. The van der Waals surface area contributed by atoms with Gasteiger partial charge in [0.15, 0.2) is 0 Å². The number of Topliss-reactive ketones (excluding diaryl/α,β-unsaturated/α-hetero) is 1. The second kappa shape index (κ2) is 5.97. The van der Waals surface area contributed by atoms with Gasteiger partial charge in [0.2, 0.25) is 0 Å². The Balaban J connectivity index is 2.25. The molecule has 0 saturated carbocycles. The number of rotatable bonds is 5. The van der Waals surface area contributed by atoms with Gasteiger partial charge in [0.1, 0.15) is 5.78 Å². The summed E-state index contributed by atoms with van der Waals surface area (Å²) in [4.78, 5) is 13.6. The molecule has 1 fully saturated rings. The molecule has 0 amide bonds. The molecule has 0 aromatic rings. The van der Waals surface area contributed by atoms with Gasteiger partial charge in [-0.15, -0.1) is 6.58 Å². The molecule has 1 saturated heterocycles. The predicted molar refractivity (Wildman–Crippen MR) is 59.3 cm³/mol. The maximum Gasteiger partial charge on any atom is 0.134 e. The number of nitrogens with zero attached hydrogens (tertiary/aromatic N) is 1. The number of ketones is 1. The van der Waals surface area contributed by atoms with E-state index >= 15 is 0 Å². The van der Waals surface area contributed by atoms with Crippen LogP contribution in [0.25, 0.3) is 0 Å². The highest BCUT2D eigenvalue weighted by molar-refractivity contribution is 5.78. The number of allylic oxidation sites excluding steroid dienone is 1. The van der Waals surface area contributed by atoms with E-state index in [-0.39, 0.29) is 0 Å². The highest BCUT2D eigenvalue weighted by Crippen LogP contribution is 2.17. The van der Waals surface area contributed by atoms with E-state index in [1.807, 2.05) is 6.08 Å². The molecule has 0 radical (unpaired) electrons. The summed E-state index contributed by atoms with van der Waals surface area (Å²) < 4.78 is 0. The molecule has 80 valence electrons. The van der Waals surface area contributed by atoms with Crippen molar-refractivity contribution >= 4 is 5.78 Å². The van der Waals surface area contributed by atoms with Crippen LogP contribution in [0.5, 0.6) is 0 Å². The quantitative estimate of drug-likeness (QED) is 0.495. The van der Waals surface area contributed by atoms with Crippen molar-refractivity contribution in [3.63, 3.8) is 0 Å². The van der Waals surface area contributed by atoms with Gasteiger partial charge >= 0.3 is 0 Å². The molecule has 1 atom stereocenters. The molecule has 0 aromatic carbocycles. The summed E-state index contributed by atoms with van der Waals surface area (Å²) in [6.45, 7) is 8.70. The van der Waals surface area contributed by atoms with E-state index in [9.17, 15) is 4.79 Å². The van der Waals surface area contributed by atoms with Gasteiger partial charge < -0.3 is 4.90 Å². The highest BCUT2D eigenvalue weighted by atomic mass is 16.1. The van der Waals surface area contributed by atoms with Gasteiger partial charge in [0.05, 0.1) is 0 Å². The van der Waals surface area contributed by atoms with Crippen molar-refractivity contribution in [2.45, 2.75) is 32.6 Å².